The van der Waals surface area contributed by atoms with Crippen LogP contribution < -0.4 is 5.32 Å². The second kappa shape index (κ2) is 6.33. The fourth-order valence-corrected chi connectivity index (χ4v) is 6.00. The Morgan fingerprint density at radius 2 is 2.00 bits per heavy atom. The zero-order valence-electron chi connectivity index (χ0n) is 15.4. The van der Waals surface area contributed by atoms with Gasteiger partial charge >= 0.3 is 0 Å². The fourth-order valence-electron chi connectivity index (χ4n) is 4.93. The van der Waals surface area contributed by atoms with Gasteiger partial charge in [-0.05, 0) is 74.7 Å². The van der Waals surface area contributed by atoms with Crippen molar-refractivity contribution >= 4 is 21.6 Å². The van der Waals surface area contributed by atoms with E-state index in [4.69, 9.17) is 4.98 Å². The van der Waals surface area contributed by atoms with E-state index in [1.165, 1.54) is 59.6 Å². The van der Waals surface area contributed by atoms with Gasteiger partial charge in [-0.2, -0.15) is 0 Å². The molecule has 1 aromatic carbocycles. The summed E-state index contributed by atoms with van der Waals surface area (Å²) in [6.07, 6.45) is 5.32. The van der Waals surface area contributed by atoms with Gasteiger partial charge in [-0.1, -0.05) is 13.0 Å². The minimum atomic E-state index is 0.523. The van der Waals surface area contributed by atoms with Gasteiger partial charge < -0.3 is 10.2 Å². The van der Waals surface area contributed by atoms with Crippen molar-refractivity contribution in [2.45, 2.75) is 44.6 Å². The Morgan fingerprint density at radius 3 is 2.72 bits per heavy atom. The van der Waals surface area contributed by atoms with Crippen molar-refractivity contribution in [3.8, 4) is 0 Å². The van der Waals surface area contributed by atoms with E-state index < -0.39 is 0 Å². The summed E-state index contributed by atoms with van der Waals surface area (Å²) in [5, 5.41) is 5.10. The number of fused-ring (bicyclic) bond motifs is 1. The maximum Gasteiger partial charge on any atom is 0.0969 e. The predicted octanol–water partition coefficient (Wildman–Crippen LogP) is 4.41. The van der Waals surface area contributed by atoms with E-state index in [9.17, 15) is 0 Å². The predicted molar refractivity (Wildman–Crippen MR) is 105 cm³/mol. The Bertz CT molecular complexity index is 750. The van der Waals surface area contributed by atoms with Crippen LogP contribution in [0.3, 0.4) is 0 Å². The van der Waals surface area contributed by atoms with Crippen LogP contribution >= 0.6 is 11.3 Å². The van der Waals surface area contributed by atoms with Crippen LogP contribution in [0, 0.1) is 17.8 Å². The zero-order chi connectivity index (χ0) is 17.0. The molecule has 0 radical (unpaired) electrons. The Kier molecular flexibility index (Phi) is 4.11. The van der Waals surface area contributed by atoms with Crippen molar-refractivity contribution in [3.05, 3.63) is 28.8 Å². The summed E-state index contributed by atoms with van der Waals surface area (Å²) in [6.45, 7) is 6.11. The number of likely N-dealkylation sites (tertiary alicyclic amines) is 1. The largest absolute Gasteiger partial charge is 0.310 e. The monoisotopic (exact) mass is 355 g/mol. The van der Waals surface area contributed by atoms with E-state index in [1.54, 1.807) is 0 Å². The molecule has 3 nitrogen and oxygen atoms in total. The molecule has 1 N–H and O–H groups in total. The van der Waals surface area contributed by atoms with Crippen LogP contribution in [0.5, 0.6) is 0 Å². The molecule has 3 aliphatic rings. The number of nitrogens with one attached hydrogen (secondary N) is 1. The highest BCUT2D eigenvalue weighted by atomic mass is 32.1. The summed E-state index contributed by atoms with van der Waals surface area (Å²) in [5.74, 6) is 3.46. The highest BCUT2D eigenvalue weighted by molar-refractivity contribution is 7.18. The van der Waals surface area contributed by atoms with Gasteiger partial charge in [0.1, 0.15) is 0 Å². The van der Waals surface area contributed by atoms with E-state index >= 15 is 0 Å². The summed E-state index contributed by atoms with van der Waals surface area (Å²) in [7, 11) is 2.24. The summed E-state index contributed by atoms with van der Waals surface area (Å²) in [6, 6.07) is 7.50. The van der Waals surface area contributed by atoms with Crippen molar-refractivity contribution in [3.63, 3.8) is 0 Å². The number of nitrogens with zero attached hydrogens (tertiary/aromatic N) is 2. The topological polar surface area (TPSA) is 28.2 Å². The van der Waals surface area contributed by atoms with Gasteiger partial charge in [0.25, 0.3) is 0 Å². The molecule has 0 spiro atoms. The lowest BCUT2D eigenvalue weighted by Crippen LogP contribution is -2.50. The van der Waals surface area contributed by atoms with Crippen LogP contribution in [0.1, 0.15) is 55.1 Å². The lowest BCUT2D eigenvalue weighted by atomic mass is 9.66. The van der Waals surface area contributed by atoms with Crippen LogP contribution in [-0.2, 0) is 0 Å². The summed E-state index contributed by atoms with van der Waals surface area (Å²) in [4.78, 5) is 7.48. The first-order chi connectivity index (χ1) is 12.2. The minimum absolute atomic E-state index is 0.523. The van der Waals surface area contributed by atoms with Crippen LogP contribution in [0.15, 0.2) is 18.2 Å². The quantitative estimate of drug-likeness (QED) is 0.884. The second-order valence-electron chi connectivity index (χ2n) is 8.83. The molecule has 2 aromatic rings. The third-order valence-corrected chi connectivity index (χ3v) is 7.97. The third-order valence-electron chi connectivity index (χ3n) is 6.77. The van der Waals surface area contributed by atoms with Gasteiger partial charge in [-0.25, -0.2) is 4.98 Å². The van der Waals surface area contributed by atoms with Crippen molar-refractivity contribution in [2.75, 3.05) is 26.7 Å². The first kappa shape index (κ1) is 16.2. The Balaban J connectivity index is 1.28. The number of rotatable bonds is 3. The van der Waals surface area contributed by atoms with Gasteiger partial charge in [-0.3, -0.25) is 0 Å². The molecule has 25 heavy (non-hydrogen) atoms. The molecular weight excluding hydrogens is 326 g/mol. The lowest BCUT2D eigenvalue weighted by molar-refractivity contribution is 0.0358. The molecule has 0 bridgehead atoms. The van der Waals surface area contributed by atoms with Gasteiger partial charge in [0.15, 0.2) is 0 Å². The molecule has 5 rings (SSSR count). The summed E-state index contributed by atoms with van der Waals surface area (Å²) in [5.41, 5.74) is 2.66. The van der Waals surface area contributed by atoms with Crippen molar-refractivity contribution in [2.24, 2.45) is 17.8 Å². The lowest BCUT2D eigenvalue weighted by Gasteiger charge is -2.47. The van der Waals surface area contributed by atoms with Gasteiger partial charge in [0.05, 0.1) is 15.2 Å². The smallest absolute Gasteiger partial charge is 0.0969 e. The average molecular weight is 356 g/mol. The van der Waals surface area contributed by atoms with E-state index in [-0.39, 0.29) is 0 Å². The average Bonchev–Trinajstić information content (AvgIpc) is 2.95. The Labute approximate surface area is 154 Å². The maximum atomic E-state index is 5.04. The molecule has 3 heterocycles. The molecule has 2 saturated heterocycles. The molecule has 3 fully saturated rings. The summed E-state index contributed by atoms with van der Waals surface area (Å²) < 4.78 is 1.37. The van der Waals surface area contributed by atoms with Crippen LogP contribution in [-0.4, -0.2) is 36.6 Å². The van der Waals surface area contributed by atoms with E-state index in [0.717, 1.165) is 30.2 Å². The second-order valence-corrected chi connectivity index (χ2v) is 9.89. The Morgan fingerprint density at radius 1 is 1.16 bits per heavy atom. The molecule has 1 aliphatic carbocycles. The van der Waals surface area contributed by atoms with E-state index in [0.29, 0.717) is 6.04 Å². The standard InChI is InChI=1S/C21H29N3S/c1-13-3-5-18(22-10-13)14-4-6-20-19(9-14)23-21(25-20)16-7-15(8-16)17-11-24(2)12-17/h4,6,9,13,15-18,22H,3,5,7-8,10-12H2,1-2H3/t13-,15?,16?,18+/m0/s1. The molecule has 2 atom stereocenters. The van der Waals surface area contributed by atoms with Crippen LogP contribution in [0.25, 0.3) is 10.2 Å². The molecule has 0 amide bonds. The van der Waals surface area contributed by atoms with Crippen molar-refractivity contribution in [1.29, 1.82) is 0 Å². The number of thiazole rings is 1. The van der Waals surface area contributed by atoms with Crippen LogP contribution in [0.2, 0.25) is 0 Å². The highest BCUT2D eigenvalue weighted by Crippen LogP contribution is 2.49. The molecule has 0 unspecified atom stereocenters. The molecule has 1 aromatic heterocycles. The normalized spacial score (nSPS) is 34.0. The zero-order valence-corrected chi connectivity index (χ0v) is 16.2. The van der Waals surface area contributed by atoms with Gasteiger partial charge in [-0.15, -0.1) is 11.3 Å². The molecule has 2 aliphatic heterocycles. The number of aromatic nitrogens is 1. The minimum Gasteiger partial charge on any atom is -0.310 e. The third kappa shape index (κ3) is 3.02. The molecular formula is C21H29N3S. The Hall–Kier alpha value is -0.970. The number of hydrogen-bond acceptors (Lipinski definition) is 4. The van der Waals surface area contributed by atoms with E-state index in [1.807, 2.05) is 11.3 Å². The SMILES string of the molecule is C[C@H]1CC[C@H](c2ccc3sc(C4CC(C5CN(C)C5)C4)nc3c2)NC1. The summed E-state index contributed by atoms with van der Waals surface area (Å²) >= 11 is 1.93. The van der Waals surface area contributed by atoms with Gasteiger partial charge in [0.2, 0.25) is 0 Å². The molecule has 134 valence electrons. The molecule has 4 heteroatoms. The van der Waals surface area contributed by atoms with E-state index in [2.05, 4.69) is 42.4 Å². The number of hydrogen-bond donors (Lipinski definition) is 1. The highest BCUT2D eigenvalue weighted by Gasteiger charge is 2.41. The maximum absolute atomic E-state index is 5.04. The number of piperidine rings is 1. The van der Waals surface area contributed by atoms with Crippen molar-refractivity contribution in [1.82, 2.24) is 15.2 Å². The first-order valence-electron chi connectivity index (χ1n) is 9.98. The first-order valence-corrected chi connectivity index (χ1v) is 10.8. The van der Waals surface area contributed by atoms with Crippen LogP contribution in [0.4, 0.5) is 0 Å². The van der Waals surface area contributed by atoms with Gasteiger partial charge in [0, 0.05) is 25.0 Å². The number of benzene rings is 1. The molecule has 1 saturated carbocycles. The van der Waals surface area contributed by atoms with Crippen molar-refractivity contribution < 1.29 is 0 Å². The fraction of sp³-hybridized carbons (Fsp3) is 0.667.